The quantitative estimate of drug-likeness (QED) is 0.641. The van der Waals surface area contributed by atoms with Crippen LogP contribution in [0.2, 0.25) is 0 Å². The van der Waals surface area contributed by atoms with Gasteiger partial charge in [0.15, 0.2) is 0 Å². The lowest BCUT2D eigenvalue weighted by molar-refractivity contribution is 0.0950. The predicted molar refractivity (Wildman–Crippen MR) is 108 cm³/mol. The number of benzene rings is 3. The van der Waals surface area contributed by atoms with Crippen LogP contribution < -0.4 is 14.8 Å². The van der Waals surface area contributed by atoms with Crippen LogP contribution in [0.5, 0.6) is 5.75 Å². The number of carbonyl (C=O) groups excluding carboxylic acids is 1. The minimum absolute atomic E-state index is 0.0189. The van der Waals surface area contributed by atoms with Crippen molar-refractivity contribution in [3.8, 4) is 5.75 Å². The molecule has 0 aromatic heterocycles. The molecular weight excluding hydrogens is 376 g/mol. The Morgan fingerprint density at radius 2 is 1.68 bits per heavy atom. The smallest absolute Gasteiger partial charge is 0.261 e. The molecule has 1 amide bonds. The number of rotatable bonds is 7. The molecule has 0 radical (unpaired) electrons. The zero-order valence-corrected chi connectivity index (χ0v) is 16.1. The molecule has 6 nitrogen and oxygen atoms in total. The van der Waals surface area contributed by atoms with Crippen LogP contribution in [-0.2, 0) is 16.6 Å². The maximum Gasteiger partial charge on any atom is 0.261 e. The average molecular weight is 396 g/mol. The normalized spacial score (nSPS) is 10.9. The van der Waals surface area contributed by atoms with Gasteiger partial charge in [0.25, 0.3) is 15.9 Å². The molecule has 28 heavy (non-hydrogen) atoms. The highest BCUT2D eigenvalue weighted by molar-refractivity contribution is 7.92. The Kier molecular flexibility index (Phi) is 5.96. The maximum absolute atomic E-state index is 12.6. The van der Waals surface area contributed by atoms with E-state index in [1.165, 1.54) is 12.1 Å². The van der Waals surface area contributed by atoms with E-state index in [-0.39, 0.29) is 16.4 Å². The number of ether oxygens (including phenoxy) is 1. The van der Waals surface area contributed by atoms with Crippen molar-refractivity contribution in [2.24, 2.45) is 0 Å². The lowest BCUT2D eigenvalue weighted by atomic mass is 10.2. The summed E-state index contributed by atoms with van der Waals surface area (Å²) in [5.74, 6) is 0.339. The van der Waals surface area contributed by atoms with Gasteiger partial charge >= 0.3 is 0 Å². The van der Waals surface area contributed by atoms with Crippen LogP contribution in [0.15, 0.2) is 83.8 Å². The molecule has 0 heterocycles. The minimum Gasteiger partial charge on any atom is -0.497 e. The van der Waals surface area contributed by atoms with Gasteiger partial charge in [-0.2, -0.15) is 0 Å². The Bertz CT molecular complexity index is 1070. The predicted octanol–water partition coefficient (Wildman–Crippen LogP) is 3.43. The Labute approximate surface area is 164 Å². The van der Waals surface area contributed by atoms with E-state index >= 15 is 0 Å². The average Bonchev–Trinajstić information content (AvgIpc) is 2.72. The molecule has 3 rings (SSSR count). The molecule has 0 aliphatic rings. The first-order valence-electron chi connectivity index (χ1n) is 8.57. The number of anilines is 1. The summed E-state index contributed by atoms with van der Waals surface area (Å²) in [5.41, 5.74) is 1.59. The van der Waals surface area contributed by atoms with E-state index < -0.39 is 10.0 Å². The standard InChI is InChI=1S/C21H20N2O4S/c1-27-19-11-5-7-16(13-19)15-22-21(24)17-8-6-12-20(14-17)28(25,26)23-18-9-3-2-4-10-18/h2-14,23H,15H2,1H3,(H,22,24). The minimum atomic E-state index is -3.79. The molecule has 0 unspecified atom stereocenters. The molecule has 0 bridgehead atoms. The molecule has 3 aromatic rings. The van der Waals surface area contributed by atoms with Gasteiger partial charge in [0.2, 0.25) is 0 Å². The number of hydrogen-bond donors (Lipinski definition) is 2. The number of sulfonamides is 1. The molecule has 3 aromatic carbocycles. The summed E-state index contributed by atoms with van der Waals surface area (Å²) in [6, 6.07) is 21.8. The molecule has 0 aliphatic carbocycles. The van der Waals surface area contributed by atoms with Crippen LogP contribution in [0.1, 0.15) is 15.9 Å². The molecule has 0 aliphatic heterocycles. The number of carbonyl (C=O) groups is 1. The van der Waals surface area contributed by atoms with Gasteiger partial charge in [-0.3, -0.25) is 9.52 Å². The Balaban J connectivity index is 1.72. The number of hydrogen-bond acceptors (Lipinski definition) is 4. The number of nitrogens with one attached hydrogen (secondary N) is 2. The van der Waals surface area contributed by atoms with Gasteiger partial charge in [0, 0.05) is 17.8 Å². The SMILES string of the molecule is COc1cccc(CNC(=O)c2cccc(S(=O)(=O)Nc3ccccc3)c2)c1. The van der Waals surface area contributed by atoms with Crippen LogP contribution in [0, 0.1) is 0 Å². The fraction of sp³-hybridized carbons (Fsp3) is 0.0952. The highest BCUT2D eigenvalue weighted by Gasteiger charge is 2.16. The van der Waals surface area contributed by atoms with Gasteiger partial charge in [-0.15, -0.1) is 0 Å². The van der Waals surface area contributed by atoms with Crippen molar-refractivity contribution in [3.05, 3.63) is 90.0 Å². The molecule has 144 valence electrons. The van der Waals surface area contributed by atoms with E-state index in [4.69, 9.17) is 4.74 Å². The van der Waals surface area contributed by atoms with E-state index in [0.717, 1.165) is 5.56 Å². The third kappa shape index (κ3) is 4.89. The first-order valence-corrected chi connectivity index (χ1v) is 10.1. The van der Waals surface area contributed by atoms with E-state index in [2.05, 4.69) is 10.0 Å². The lowest BCUT2D eigenvalue weighted by Crippen LogP contribution is -2.23. The summed E-state index contributed by atoms with van der Waals surface area (Å²) in [7, 11) is -2.22. The summed E-state index contributed by atoms with van der Waals surface area (Å²) >= 11 is 0. The zero-order chi connectivity index (χ0) is 20.0. The first-order chi connectivity index (χ1) is 13.5. The van der Waals surface area contributed by atoms with Gasteiger partial charge in [0.05, 0.1) is 12.0 Å². The fourth-order valence-corrected chi connectivity index (χ4v) is 3.70. The van der Waals surface area contributed by atoms with Gasteiger partial charge in [-0.1, -0.05) is 36.4 Å². The highest BCUT2D eigenvalue weighted by Crippen LogP contribution is 2.17. The van der Waals surface area contributed by atoms with Crippen molar-refractivity contribution in [1.29, 1.82) is 0 Å². The van der Waals surface area contributed by atoms with E-state index in [1.54, 1.807) is 49.6 Å². The van der Waals surface area contributed by atoms with Crippen molar-refractivity contribution in [3.63, 3.8) is 0 Å². The van der Waals surface area contributed by atoms with Crippen molar-refractivity contribution in [2.75, 3.05) is 11.8 Å². The number of methoxy groups -OCH3 is 1. The van der Waals surface area contributed by atoms with E-state index in [0.29, 0.717) is 18.0 Å². The number of amides is 1. The molecular formula is C21H20N2O4S. The molecule has 2 N–H and O–H groups in total. The van der Waals surface area contributed by atoms with E-state index in [9.17, 15) is 13.2 Å². The topological polar surface area (TPSA) is 84.5 Å². The van der Waals surface area contributed by atoms with Crippen LogP contribution in [0.25, 0.3) is 0 Å². The van der Waals surface area contributed by atoms with Gasteiger partial charge in [-0.25, -0.2) is 8.42 Å². The molecule has 0 spiro atoms. The van der Waals surface area contributed by atoms with Gasteiger partial charge in [0.1, 0.15) is 5.75 Å². The second kappa shape index (κ2) is 8.58. The highest BCUT2D eigenvalue weighted by atomic mass is 32.2. The van der Waals surface area contributed by atoms with E-state index in [1.807, 2.05) is 24.3 Å². The summed E-state index contributed by atoms with van der Waals surface area (Å²) in [6.07, 6.45) is 0. The third-order valence-corrected chi connectivity index (χ3v) is 5.40. The van der Waals surface area contributed by atoms with Crippen molar-refractivity contribution >= 4 is 21.6 Å². The van der Waals surface area contributed by atoms with Crippen LogP contribution in [0.4, 0.5) is 5.69 Å². The Morgan fingerprint density at radius 3 is 2.43 bits per heavy atom. The number of para-hydroxylation sites is 1. The van der Waals surface area contributed by atoms with Crippen molar-refractivity contribution in [2.45, 2.75) is 11.4 Å². The fourth-order valence-electron chi connectivity index (χ4n) is 2.59. The van der Waals surface area contributed by atoms with Crippen molar-refractivity contribution < 1.29 is 17.9 Å². The molecule has 0 fully saturated rings. The largest absolute Gasteiger partial charge is 0.497 e. The zero-order valence-electron chi connectivity index (χ0n) is 15.3. The Morgan fingerprint density at radius 1 is 0.929 bits per heavy atom. The monoisotopic (exact) mass is 396 g/mol. The second-order valence-electron chi connectivity index (χ2n) is 6.03. The van der Waals surface area contributed by atoms with Crippen LogP contribution in [-0.4, -0.2) is 21.4 Å². The van der Waals surface area contributed by atoms with Crippen LogP contribution >= 0.6 is 0 Å². The third-order valence-electron chi connectivity index (χ3n) is 4.02. The second-order valence-corrected chi connectivity index (χ2v) is 7.72. The van der Waals surface area contributed by atoms with Crippen LogP contribution in [0.3, 0.4) is 0 Å². The molecule has 0 saturated carbocycles. The molecule has 7 heteroatoms. The van der Waals surface area contributed by atoms with Crippen molar-refractivity contribution in [1.82, 2.24) is 5.32 Å². The Hall–Kier alpha value is -3.32. The summed E-state index contributed by atoms with van der Waals surface area (Å²) < 4.78 is 32.8. The molecule has 0 atom stereocenters. The molecule has 0 saturated heterocycles. The first kappa shape index (κ1) is 19.4. The van der Waals surface area contributed by atoms with Gasteiger partial charge < -0.3 is 10.1 Å². The van der Waals surface area contributed by atoms with Gasteiger partial charge in [-0.05, 0) is 48.0 Å². The summed E-state index contributed by atoms with van der Waals surface area (Å²) in [5, 5.41) is 2.79. The summed E-state index contributed by atoms with van der Waals surface area (Å²) in [4.78, 5) is 12.5. The summed E-state index contributed by atoms with van der Waals surface area (Å²) in [6.45, 7) is 0.301. The maximum atomic E-state index is 12.6. The lowest BCUT2D eigenvalue weighted by Gasteiger charge is -2.10.